The number of rotatable bonds is 12. The Bertz CT molecular complexity index is 2310. The molecule has 0 N–H and O–H groups in total. The van der Waals surface area contributed by atoms with Gasteiger partial charge in [0.2, 0.25) is 9.84 Å². The standard InChI is InChI=1S/C43H38N2O8S/c1-2-3-4-7-10-26-52-31-20-16-29(17-21-31)45-41(47)37-25-24-35(28-39(37)43(45)49)54(50,51)34-14-11-15-36-38(27-34)42(48)44(40(36)46)30-18-22-33(23-19-30)53-32-12-8-5-6-9-13-32/h2,7,10-12,14,16-25,27-28H,1,3-6,8-9,13,15,26H2/b10-7-. The molecule has 0 fully saturated rings. The topological polar surface area (TPSA) is 127 Å². The maximum Gasteiger partial charge on any atom is 0.266 e. The van der Waals surface area contributed by atoms with Crippen LogP contribution >= 0.6 is 0 Å². The molecule has 7 rings (SSSR count). The van der Waals surface area contributed by atoms with Crippen molar-refractivity contribution in [1.82, 2.24) is 0 Å². The number of benzene rings is 3. The summed E-state index contributed by atoms with van der Waals surface area (Å²) in [5.41, 5.74) is 0.790. The molecule has 4 aliphatic rings. The summed E-state index contributed by atoms with van der Waals surface area (Å²) in [7, 11) is -4.31. The molecular formula is C43H38N2O8S. The molecule has 2 heterocycles. The molecule has 0 saturated heterocycles. The number of sulfone groups is 1. The number of carbonyl (C=O) groups excluding carboxylic acids is 4. The van der Waals surface area contributed by atoms with Crippen LogP contribution in [0.15, 0.2) is 143 Å². The van der Waals surface area contributed by atoms with Gasteiger partial charge in [0.1, 0.15) is 23.9 Å². The SMILES string of the molecule is C=CCC/C=C\COc1ccc(N2C(=O)c3ccc(S(=O)(=O)C4=CC5=C(CC=C4)C(=O)N(c4ccc(OC6=CCCCCC6)cc4)C5=O)cc3C2=O)cc1. The molecule has 0 bridgehead atoms. The number of fused-ring (bicyclic) bond motifs is 1. The van der Waals surface area contributed by atoms with Crippen molar-refractivity contribution in [2.75, 3.05) is 16.4 Å². The second-order valence-electron chi connectivity index (χ2n) is 13.2. The van der Waals surface area contributed by atoms with Gasteiger partial charge >= 0.3 is 0 Å². The third kappa shape index (κ3) is 7.14. The van der Waals surface area contributed by atoms with E-state index in [1.807, 2.05) is 18.2 Å². The van der Waals surface area contributed by atoms with Gasteiger partial charge in [0, 0.05) is 12.0 Å². The average molecular weight is 743 g/mol. The second kappa shape index (κ2) is 15.5. The van der Waals surface area contributed by atoms with Gasteiger partial charge in [0.05, 0.1) is 37.9 Å². The maximum absolute atomic E-state index is 14.0. The van der Waals surface area contributed by atoms with Gasteiger partial charge in [0.15, 0.2) is 0 Å². The summed E-state index contributed by atoms with van der Waals surface area (Å²) in [6, 6.07) is 16.9. The van der Waals surface area contributed by atoms with Crippen LogP contribution in [0.2, 0.25) is 0 Å². The Hall–Kier alpha value is -6.07. The lowest BCUT2D eigenvalue weighted by Gasteiger charge is -2.16. The minimum Gasteiger partial charge on any atom is -0.490 e. The van der Waals surface area contributed by atoms with E-state index in [1.54, 1.807) is 48.5 Å². The Kier molecular flexibility index (Phi) is 10.4. The lowest BCUT2D eigenvalue weighted by molar-refractivity contribution is -0.120. The molecule has 54 heavy (non-hydrogen) atoms. The van der Waals surface area contributed by atoms with Crippen LogP contribution in [0.5, 0.6) is 11.5 Å². The molecule has 0 aromatic heterocycles. The Balaban J connectivity index is 1.07. The van der Waals surface area contributed by atoms with Crippen LogP contribution < -0.4 is 19.3 Å². The van der Waals surface area contributed by atoms with Crippen molar-refractivity contribution in [2.24, 2.45) is 0 Å². The van der Waals surface area contributed by atoms with Gasteiger partial charge in [-0.25, -0.2) is 18.2 Å². The first kappa shape index (κ1) is 36.3. The predicted molar refractivity (Wildman–Crippen MR) is 205 cm³/mol. The molecule has 0 spiro atoms. The highest BCUT2D eigenvalue weighted by molar-refractivity contribution is 7.95. The number of anilines is 2. The fourth-order valence-electron chi connectivity index (χ4n) is 6.71. The predicted octanol–water partition coefficient (Wildman–Crippen LogP) is 8.10. The quantitative estimate of drug-likeness (QED) is 0.104. The molecule has 0 saturated carbocycles. The van der Waals surface area contributed by atoms with E-state index in [2.05, 4.69) is 12.7 Å². The summed E-state index contributed by atoms with van der Waals surface area (Å²) >= 11 is 0. The van der Waals surface area contributed by atoms with Crippen molar-refractivity contribution in [1.29, 1.82) is 0 Å². The minimum absolute atomic E-state index is 0.0257. The molecule has 0 radical (unpaired) electrons. The third-order valence-electron chi connectivity index (χ3n) is 9.58. The number of nitrogens with zero attached hydrogens (tertiary/aromatic N) is 2. The normalized spacial score (nSPS) is 17.3. The smallest absolute Gasteiger partial charge is 0.266 e. The number of carbonyl (C=O) groups is 4. The van der Waals surface area contributed by atoms with Crippen LogP contribution in [0.4, 0.5) is 11.4 Å². The number of allylic oxidation sites excluding steroid dienone is 6. The lowest BCUT2D eigenvalue weighted by Crippen LogP contribution is -2.31. The number of imide groups is 2. The molecule has 10 nitrogen and oxygen atoms in total. The highest BCUT2D eigenvalue weighted by Crippen LogP contribution is 2.37. The summed E-state index contributed by atoms with van der Waals surface area (Å²) in [5.74, 6) is -0.388. The molecular weight excluding hydrogens is 705 g/mol. The van der Waals surface area contributed by atoms with Crippen molar-refractivity contribution in [2.45, 2.75) is 56.3 Å². The van der Waals surface area contributed by atoms with E-state index in [4.69, 9.17) is 9.47 Å². The number of hydrogen-bond acceptors (Lipinski definition) is 8. The van der Waals surface area contributed by atoms with Crippen LogP contribution in [-0.2, 0) is 19.4 Å². The van der Waals surface area contributed by atoms with Gasteiger partial charge in [-0.1, -0.05) is 30.7 Å². The summed E-state index contributed by atoms with van der Waals surface area (Å²) < 4.78 is 39.8. The lowest BCUT2D eigenvalue weighted by atomic mass is 10.1. The second-order valence-corrected chi connectivity index (χ2v) is 15.1. The Morgan fingerprint density at radius 1 is 0.741 bits per heavy atom. The number of ether oxygens (including phenoxy) is 2. The highest BCUT2D eigenvalue weighted by atomic mass is 32.2. The Morgan fingerprint density at radius 2 is 1.44 bits per heavy atom. The van der Waals surface area contributed by atoms with E-state index < -0.39 is 33.5 Å². The molecule has 3 aromatic carbocycles. The van der Waals surface area contributed by atoms with E-state index in [-0.39, 0.29) is 38.5 Å². The van der Waals surface area contributed by atoms with Crippen molar-refractivity contribution in [3.63, 3.8) is 0 Å². The molecule has 2 aliphatic heterocycles. The number of amides is 4. The van der Waals surface area contributed by atoms with Crippen LogP contribution in [0.25, 0.3) is 0 Å². The summed E-state index contributed by atoms with van der Waals surface area (Å²) in [4.78, 5) is 55.7. The molecule has 0 unspecified atom stereocenters. The number of unbranched alkanes of at least 4 members (excludes halogenated alkanes) is 1. The summed E-state index contributed by atoms with van der Waals surface area (Å²) in [6.07, 6.45) is 18.9. The van der Waals surface area contributed by atoms with Gasteiger partial charge in [-0.3, -0.25) is 19.2 Å². The first-order chi connectivity index (χ1) is 26.2. The van der Waals surface area contributed by atoms with Crippen LogP contribution in [0.1, 0.15) is 72.1 Å². The molecule has 0 atom stereocenters. The molecule has 3 aromatic rings. The van der Waals surface area contributed by atoms with Gasteiger partial charge in [-0.05, 0) is 123 Å². The zero-order valence-corrected chi connectivity index (χ0v) is 30.3. The van der Waals surface area contributed by atoms with Crippen molar-refractivity contribution < 1.29 is 37.1 Å². The fraction of sp³-hybridized carbons (Fsp3) is 0.209. The van der Waals surface area contributed by atoms with Crippen LogP contribution in [0, 0.1) is 0 Å². The number of hydrogen-bond donors (Lipinski definition) is 0. The van der Waals surface area contributed by atoms with E-state index in [0.717, 1.165) is 60.5 Å². The monoisotopic (exact) mass is 742 g/mol. The minimum atomic E-state index is -4.31. The average Bonchev–Trinajstić information content (AvgIpc) is 3.38. The van der Waals surface area contributed by atoms with Crippen molar-refractivity contribution in [3.8, 4) is 11.5 Å². The van der Waals surface area contributed by atoms with Gasteiger partial charge in [0.25, 0.3) is 23.6 Å². The molecule has 11 heteroatoms. The Morgan fingerprint density at radius 3 is 2.19 bits per heavy atom. The first-order valence-electron chi connectivity index (χ1n) is 17.9. The molecule has 2 aliphatic carbocycles. The van der Waals surface area contributed by atoms with E-state index in [0.29, 0.717) is 29.5 Å². The van der Waals surface area contributed by atoms with E-state index in [9.17, 15) is 27.6 Å². The summed E-state index contributed by atoms with van der Waals surface area (Å²) in [6.45, 7) is 4.05. The van der Waals surface area contributed by atoms with Crippen molar-refractivity contribution in [3.05, 3.63) is 149 Å². The zero-order valence-electron chi connectivity index (χ0n) is 29.5. The van der Waals surface area contributed by atoms with E-state index in [1.165, 1.54) is 36.4 Å². The van der Waals surface area contributed by atoms with Crippen LogP contribution in [-0.4, -0.2) is 38.7 Å². The highest BCUT2D eigenvalue weighted by Gasteiger charge is 2.41. The van der Waals surface area contributed by atoms with Gasteiger partial charge in [-0.15, -0.1) is 6.58 Å². The zero-order chi connectivity index (χ0) is 37.8. The van der Waals surface area contributed by atoms with Crippen molar-refractivity contribution >= 4 is 44.8 Å². The molecule has 4 amide bonds. The van der Waals surface area contributed by atoms with E-state index >= 15 is 0 Å². The first-order valence-corrected chi connectivity index (χ1v) is 19.4. The van der Waals surface area contributed by atoms with Crippen LogP contribution in [0.3, 0.4) is 0 Å². The Labute approximate surface area is 314 Å². The summed E-state index contributed by atoms with van der Waals surface area (Å²) in [5, 5.41) is 0. The van der Waals surface area contributed by atoms with Gasteiger partial charge < -0.3 is 9.47 Å². The fourth-order valence-corrected chi connectivity index (χ4v) is 8.05. The molecule has 274 valence electrons. The van der Waals surface area contributed by atoms with Gasteiger partial charge in [-0.2, -0.15) is 0 Å². The largest absolute Gasteiger partial charge is 0.490 e. The third-order valence-corrected chi connectivity index (χ3v) is 11.3. The maximum atomic E-state index is 14.0.